The predicted octanol–water partition coefficient (Wildman–Crippen LogP) is 1.30. The molecule has 15 heavy (non-hydrogen) atoms. The Hall–Kier alpha value is -1.61. The summed E-state index contributed by atoms with van der Waals surface area (Å²) in [5.41, 5.74) is 0.243. The molecule has 1 N–H and O–H groups in total. The van der Waals surface area contributed by atoms with E-state index in [0.29, 0.717) is 11.6 Å². The lowest BCUT2D eigenvalue weighted by atomic mass is 10.3. The summed E-state index contributed by atoms with van der Waals surface area (Å²) in [6.07, 6.45) is 1.93. The maximum atomic E-state index is 10.7. The van der Waals surface area contributed by atoms with Gasteiger partial charge in [-0.1, -0.05) is 18.7 Å². The minimum atomic E-state index is -0.895. The summed E-state index contributed by atoms with van der Waals surface area (Å²) in [6, 6.07) is 3.35. The van der Waals surface area contributed by atoms with Crippen molar-refractivity contribution in [2.45, 2.75) is 23.8 Å². The number of hydrogen-bond acceptors (Lipinski definition) is 5. The van der Waals surface area contributed by atoms with Crippen LogP contribution in [0.3, 0.4) is 0 Å². The molecule has 1 aromatic heterocycles. The molecule has 1 aromatic rings. The van der Waals surface area contributed by atoms with Gasteiger partial charge >= 0.3 is 5.97 Å². The lowest BCUT2D eigenvalue weighted by Gasteiger charge is -2.06. The first-order valence-corrected chi connectivity index (χ1v) is 5.18. The maximum Gasteiger partial charge on any atom is 0.317 e. The van der Waals surface area contributed by atoms with E-state index in [1.807, 2.05) is 6.07 Å². The number of nitriles is 1. The van der Waals surface area contributed by atoms with Crippen molar-refractivity contribution in [3.05, 3.63) is 18.0 Å². The third-order valence-electron chi connectivity index (χ3n) is 1.64. The van der Waals surface area contributed by atoms with Gasteiger partial charge in [0.25, 0.3) is 0 Å². The van der Waals surface area contributed by atoms with E-state index >= 15 is 0 Å². The van der Waals surface area contributed by atoms with Crippen LogP contribution in [0.5, 0.6) is 0 Å². The van der Waals surface area contributed by atoms with Gasteiger partial charge < -0.3 is 5.11 Å². The molecule has 0 saturated heterocycles. The molecule has 0 radical (unpaired) electrons. The predicted molar refractivity (Wildman–Crippen MR) is 54.3 cm³/mol. The molecule has 0 amide bonds. The zero-order chi connectivity index (χ0) is 11.3. The first-order chi connectivity index (χ1) is 7.17. The Balaban J connectivity index is 2.80. The van der Waals surface area contributed by atoms with Crippen LogP contribution >= 0.6 is 11.8 Å². The van der Waals surface area contributed by atoms with Crippen molar-refractivity contribution < 1.29 is 9.90 Å². The summed E-state index contributed by atoms with van der Waals surface area (Å²) >= 11 is 1.05. The molecule has 0 fully saturated rings. The highest BCUT2D eigenvalue weighted by molar-refractivity contribution is 8.00. The van der Waals surface area contributed by atoms with E-state index < -0.39 is 11.2 Å². The Morgan fingerprint density at radius 3 is 3.07 bits per heavy atom. The summed E-state index contributed by atoms with van der Waals surface area (Å²) < 4.78 is 0. The van der Waals surface area contributed by atoms with Gasteiger partial charge in [0.15, 0.2) is 5.16 Å². The fourth-order valence-electron chi connectivity index (χ4n) is 0.895. The van der Waals surface area contributed by atoms with E-state index in [0.717, 1.165) is 11.8 Å². The fourth-order valence-corrected chi connectivity index (χ4v) is 1.69. The average molecular weight is 223 g/mol. The van der Waals surface area contributed by atoms with Crippen molar-refractivity contribution >= 4 is 17.7 Å². The van der Waals surface area contributed by atoms with Gasteiger partial charge in [0.05, 0.1) is 0 Å². The van der Waals surface area contributed by atoms with Crippen LogP contribution in [0.15, 0.2) is 17.4 Å². The van der Waals surface area contributed by atoms with Crippen LogP contribution in [0, 0.1) is 11.3 Å². The number of rotatable bonds is 4. The Morgan fingerprint density at radius 2 is 2.53 bits per heavy atom. The van der Waals surface area contributed by atoms with Gasteiger partial charge in [-0.3, -0.25) is 4.79 Å². The van der Waals surface area contributed by atoms with E-state index in [1.165, 1.54) is 12.3 Å². The Labute approximate surface area is 91.2 Å². The third kappa shape index (κ3) is 3.22. The number of thioether (sulfide) groups is 1. The van der Waals surface area contributed by atoms with Gasteiger partial charge in [-0.05, 0) is 12.5 Å². The zero-order valence-corrected chi connectivity index (χ0v) is 8.86. The highest BCUT2D eigenvalue weighted by Gasteiger charge is 2.17. The average Bonchev–Trinajstić information content (AvgIpc) is 2.25. The number of carboxylic acid groups (broad SMARTS) is 1. The molecule has 5 nitrogen and oxygen atoms in total. The number of aromatic nitrogens is 2. The zero-order valence-electron chi connectivity index (χ0n) is 8.04. The van der Waals surface area contributed by atoms with Crippen LogP contribution in [0.4, 0.5) is 0 Å². The monoisotopic (exact) mass is 223 g/mol. The van der Waals surface area contributed by atoms with Crippen LogP contribution in [-0.2, 0) is 4.79 Å². The van der Waals surface area contributed by atoms with Gasteiger partial charge in [0, 0.05) is 6.20 Å². The molecule has 0 aromatic carbocycles. The summed E-state index contributed by atoms with van der Waals surface area (Å²) in [5, 5.41) is 17.2. The van der Waals surface area contributed by atoms with E-state index in [1.54, 1.807) is 6.92 Å². The molecule has 1 unspecified atom stereocenters. The van der Waals surface area contributed by atoms with Crippen LogP contribution in [0.25, 0.3) is 0 Å². The van der Waals surface area contributed by atoms with E-state index in [-0.39, 0.29) is 5.69 Å². The molecule has 6 heteroatoms. The fraction of sp³-hybridized carbons (Fsp3) is 0.333. The minimum absolute atomic E-state index is 0.243. The molecule has 1 rings (SSSR count). The quantitative estimate of drug-likeness (QED) is 0.611. The number of nitrogens with zero attached hydrogens (tertiary/aromatic N) is 3. The topological polar surface area (TPSA) is 86.9 Å². The summed E-state index contributed by atoms with van der Waals surface area (Å²) in [4.78, 5) is 18.5. The number of hydrogen-bond donors (Lipinski definition) is 1. The molecular weight excluding hydrogens is 214 g/mol. The molecule has 0 aliphatic heterocycles. The van der Waals surface area contributed by atoms with Gasteiger partial charge in [0.2, 0.25) is 0 Å². The van der Waals surface area contributed by atoms with Gasteiger partial charge in [-0.15, -0.1) is 0 Å². The molecule has 0 spiro atoms. The highest BCUT2D eigenvalue weighted by atomic mass is 32.2. The maximum absolute atomic E-state index is 10.7. The molecule has 0 aliphatic rings. The molecule has 1 heterocycles. The van der Waals surface area contributed by atoms with Crippen LogP contribution in [-0.4, -0.2) is 26.3 Å². The Bertz CT molecular complexity index is 403. The second-order valence-electron chi connectivity index (χ2n) is 2.69. The SMILES string of the molecule is CCC(Sc1nccc(C#N)n1)C(=O)O. The highest BCUT2D eigenvalue weighted by Crippen LogP contribution is 2.21. The number of carboxylic acids is 1. The van der Waals surface area contributed by atoms with Crippen molar-refractivity contribution in [2.75, 3.05) is 0 Å². The Morgan fingerprint density at radius 1 is 1.80 bits per heavy atom. The van der Waals surface area contributed by atoms with Crippen molar-refractivity contribution in [1.29, 1.82) is 5.26 Å². The molecule has 0 bridgehead atoms. The molecule has 1 atom stereocenters. The molecule has 0 aliphatic carbocycles. The van der Waals surface area contributed by atoms with E-state index in [2.05, 4.69) is 9.97 Å². The minimum Gasteiger partial charge on any atom is -0.480 e. The summed E-state index contributed by atoms with van der Waals surface area (Å²) in [5.74, 6) is -0.895. The first kappa shape index (κ1) is 11.5. The van der Waals surface area contributed by atoms with Crippen LogP contribution in [0.1, 0.15) is 19.0 Å². The molecule has 0 saturated carbocycles. The number of carbonyl (C=O) groups is 1. The van der Waals surface area contributed by atoms with Crippen LogP contribution in [0.2, 0.25) is 0 Å². The second-order valence-corrected chi connectivity index (χ2v) is 3.86. The van der Waals surface area contributed by atoms with Crippen molar-refractivity contribution in [1.82, 2.24) is 9.97 Å². The van der Waals surface area contributed by atoms with Gasteiger partial charge in [-0.2, -0.15) is 5.26 Å². The lowest BCUT2D eigenvalue weighted by molar-refractivity contribution is -0.136. The van der Waals surface area contributed by atoms with Crippen molar-refractivity contribution in [3.8, 4) is 6.07 Å². The van der Waals surface area contributed by atoms with E-state index in [9.17, 15) is 4.79 Å². The van der Waals surface area contributed by atoms with Crippen molar-refractivity contribution in [3.63, 3.8) is 0 Å². The third-order valence-corrected chi connectivity index (χ3v) is 2.87. The number of aliphatic carboxylic acids is 1. The Kier molecular flexibility index (Phi) is 4.06. The van der Waals surface area contributed by atoms with Gasteiger partial charge in [0.1, 0.15) is 17.0 Å². The standard InChI is InChI=1S/C9H9N3O2S/c1-2-7(8(13)14)15-9-11-4-3-6(5-10)12-9/h3-4,7H,2H2,1H3,(H,13,14). The molecular formula is C9H9N3O2S. The summed E-state index contributed by atoms with van der Waals surface area (Å²) in [7, 11) is 0. The smallest absolute Gasteiger partial charge is 0.317 e. The lowest BCUT2D eigenvalue weighted by Crippen LogP contribution is -2.15. The van der Waals surface area contributed by atoms with Gasteiger partial charge in [-0.25, -0.2) is 9.97 Å². The van der Waals surface area contributed by atoms with Crippen LogP contribution < -0.4 is 0 Å². The van der Waals surface area contributed by atoms with Crippen molar-refractivity contribution in [2.24, 2.45) is 0 Å². The largest absolute Gasteiger partial charge is 0.480 e. The summed E-state index contributed by atoms with van der Waals surface area (Å²) in [6.45, 7) is 1.78. The molecule has 78 valence electrons. The normalized spacial score (nSPS) is 11.7. The first-order valence-electron chi connectivity index (χ1n) is 4.30. The van der Waals surface area contributed by atoms with E-state index in [4.69, 9.17) is 10.4 Å². The second kappa shape index (κ2) is 5.32.